The molecule has 1 aliphatic heterocycles. The summed E-state index contributed by atoms with van der Waals surface area (Å²) in [5, 5.41) is 11.5. The summed E-state index contributed by atoms with van der Waals surface area (Å²) < 4.78 is 32.1. The van der Waals surface area contributed by atoms with Gasteiger partial charge in [0.2, 0.25) is 5.82 Å². The predicted molar refractivity (Wildman–Crippen MR) is 81.6 cm³/mol. The van der Waals surface area contributed by atoms with Crippen molar-refractivity contribution in [2.75, 3.05) is 18.0 Å². The van der Waals surface area contributed by atoms with E-state index in [1.165, 1.54) is 4.90 Å². The molecule has 1 aromatic carbocycles. The number of halogens is 2. The molecule has 0 bridgehead atoms. The fourth-order valence-electron chi connectivity index (χ4n) is 2.47. The fourth-order valence-corrected chi connectivity index (χ4v) is 2.47. The van der Waals surface area contributed by atoms with E-state index in [2.05, 4.69) is 9.97 Å². The second-order valence-electron chi connectivity index (χ2n) is 5.37. The van der Waals surface area contributed by atoms with Crippen molar-refractivity contribution in [3.8, 4) is 11.6 Å². The van der Waals surface area contributed by atoms with Gasteiger partial charge >= 0.3 is 11.6 Å². The van der Waals surface area contributed by atoms with Crippen molar-refractivity contribution in [3.05, 3.63) is 46.8 Å². The molecule has 0 unspecified atom stereocenters. The summed E-state index contributed by atoms with van der Waals surface area (Å²) in [7, 11) is 0. The first-order chi connectivity index (χ1) is 11.5. The molecule has 1 aliphatic rings. The molecule has 126 valence electrons. The van der Waals surface area contributed by atoms with Crippen molar-refractivity contribution >= 4 is 11.5 Å². The van der Waals surface area contributed by atoms with Crippen LogP contribution in [0, 0.1) is 10.1 Å². The highest BCUT2D eigenvalue weighted by Gasteiger charge is 2.37. The number of aromatic nitrogens is 2. The van der Waals surface area contributed by atoms with Gasteiger partial charge < -0.3 is 9.64 Å². The lowest BCUT2D eigenvalue weighted by Gasteiger charge is -2.32. The first-order valence-corrected chi connectivity index (χ1v) is 7.31. The smallest absolute Gasteiger partial charge is 0.373 e. The molecule has 24 heavy (non-hydrogen) atoms. The SMILES string of the molecule is O=[N+]([O-])c1c(Oc2ccccc2)ncnc1N1CCC(F)(F)CC1. The number of anilines is 1. The van der Waals surface area contributed by atoms with Gasteiger partial charge in [0.1, 0.15) is 12.1 Å². The van der Waals surface area contributed by atoms with E-state index in [0.717, 1.165) is 6.33 Å². The van der Waals surface area contributed by atoms with Crippen molar-refractivity contribution in [1.29, 1.82) is 0 Å². The minimum Gasteiger partial charge on any atom is -0.434 e. The van der Waals surface area contributed by atoms with E-state index in [0.29, 0.717) is 5.75 Å². The molecule has 2 aromatic rings. The summed E-state index contributed by atoms with van der Waals surface area (Å²) in [5.74, 6) is -2.58. The van der Waals surface area contributed by atoms with Crippen LogP contribution in [0.1, 0.15) is 12.8 Å². The summed E-state index contributed by atoms with van der Waals surface area (Å²) in [6.45, 7) is -0.0364. The molecule has 0 atom stereocenters. The van der Waals surface area contributed by atoms with E-state index in [9.17, 15) is 18.9 Å². The predicted octanol–water partition coefficient (Wildman–Crippen LogP) is 3.41. The number of nitro groups is 1. The minimum absolute atomic E-state index is 0.00330. The third kappa shape index (κ3) is 3.39. The number of alkyl halides is 2. The van der Waals surface area contributed by atoms with Crippen molar-refractivity contribution in [2.45, 2.75) is 18.8 Å². The van der Waals surface area contributed by atoms with Crippen LogP contribution >= 0.6 is 0 Å². The Kier molecular flexibility index (Phi) is 4.24. The van der Waals surface area contributed by atoms with Gasteiger partial charge in [0.25, 0.3) is 5.92 Å². The molecule has 0 aliphatic carbocycles. The lowest BCUT2D eigenvalue weighted by Crippen LogP contribution is -2.40. The highest BCUT2D eigenvalue weighted by atomic mass is 19.3. The maximum atomic E-state index is 13.3. The molecule has 0 spiro atoms. The molecule has 7 nitrogen and oxygen atoms in total. The van der Waals surface area contributed by atoms with Crippen LogP contribution in [0.5, 0.6) is 11.6 Å². The van der Waals surface area contributed by atoms with Gasteiger partial charge in [-0.1, -0.05) is 18.2 Å². The average Bonchev–Trinajstić information content (AvgIpc) is 2.55. The van der Waals surface area contributed by atoms with E-state index < -0.39 is 16.5 Å². The Balaban J connectivity index is 1.93. The molecule has 0 radical (unpaired) electrons. The van der Waals surface area contributed by atoms with Gasteiger partial charge in [0.05, 0.1) is 4.92 Å². The van der Waals surface area contributed by atoms with Crippen LogP contribution in [0.4, 0.5) is 20.3 Å². The molecular formula is C15H14F2N4O3. The van der Waals surface area contributed by atoms with Gasteiger partial charge in [0.15, 0.2) is 0 Å². The third-order valence-electron chi connectivity index (χ3n) is 3.70. The van der Waals surface area contributed by atoms with Crippen LogP contribution in [0.2, 0.25) is 0 Å². The Morgan fingerprint density at radius 1 is 1.17 bits per heavy atom. The fraction of sp³-hybridized carbons (Fsp3) is 0.333. The molecule has 3 rings (SSSR count). The highest BCUT2D eigenvalue weighted by Crippen LogP contribution is 2.38. The summed E-state index contributed by atoms with van der Waals surface area (Å²) in [4.78, 5) is 20.0. The van der Waals surface area contributed by atoms with E-state index in [1.54, 1.807) is 30.3 Å². The van der Waals surface area contributed by atoms with Crippen molar-refractivity contribution < 1.29 is 18.4 Å². The van der Waals surface area contributed by atoms with Crippen LogP contribution in [-0.2, 0) is 0 Å². The normalized spacial score (nSPS) is 16.7. The number of benzene rings is 1. The number of hydrogen-bond donors (Lipinski definition) is 0. The second kappa shape index (κ2) is 6.34. The maximum Gasteiger partial charge on any atom is 0.373 e. The molecule has 1 aromatic heterocycles. The average molecular weight is 336 g/mol. The summed E-state index contributed by atoms with van der Waals surface area (Å²) in [5.41, 5.74) is -0.424. The number of piperidine rings is 1. The summed E-state index contributed by atoms with van der Waals surface area (Å²) in [6, 6.07) is 8.48. The molecule has 2 heterocycles. The molecule has 1 saturated heterocycles. The number of nitrogens with zero attached hydrogens (tertiary/aromatic N) is 4. The van der Waals surface area contributed by atoms with Crippen LogP contribution in [0.15, 0.2) is 36.7 Å². The Hall–Kier alpha value is -2.84. The van der Waals surface area contributed by atoms with Gasteiger partial charge in [-0.2, -0.15) is 4.98 Å². The highest BCUT2D eigenvalue weighted by molar-refractivity contribution is 5.63. The topological polar surface area (TPSA) is 81.4 Å². The maximum absolute atomic E-state index is 13.3. The van der Waals surface area contributed by atoms with Crippen LogP contribution in [-0.4, -0.2) is 33.9 Å². The summed E-state index contributed by atoms with van der Waals surface area (Å²) >= 11 is 0. The zero-order valence-corrected chi connectivity index (χ0v) is 12.6. The summed E-state index contributed by atoms with van der Waals surface area (Å²) in [6.07, 6.45) is 0.388. The molecule has 0 amide bonds. The van der Waals surface area contributed by atoms with Crippen molar-refractivity contribution in [3.63, 3.8) is 0 Å². The number of ether oxygens (including phenoxy) is 1. The largest absolute Gasteiger partial charge is 0.434 e. The van der Waals surface area contributed by atoms with Gasteiger partial charge in [0, 0.05) is 25.9 Å². The van der Waals surface area contributed by atoms with Crippen molar-refractivity contribution in [2.24, 2.45) is 0 Å². The van der Waals surface area contributed by atoms with E-state index in [4.69, 9.17) is 4.74 Å². The molecule has 0 N–H and O–H groups in total. The third-order valence-corrected chi connectivity index (χ3v) is 3.70. The Bertz CT molecular complexity index is 733. The van der Waals surface area contributed by atoms with Gasteiger partial charge in [-0.3, -0.25) is 10.1 Å². The standard InChI is InChI=1S/C15H14F2N4O3/c16-15(17)6-8-20(9-7-15)13-12(21(22)23)14(19-10-18-13)24-11-4-2-1-3-5-11/h1-5,10H,6-9H2. The van der Waals surface area contributed by atoms with E-state index in [1.807, 2.05) is 0 Å². The van der Waals surface area contributed by atoms with Gasteiger partial charge in [-0.15, -0.1) is 0 Å². The van der Waals surface area contributed by atoms with Gasteiger partial charge in [-0.05, 0) is 12.1 Å². The van der Waals surface area contributed by atoms with Crippen LogP contribution in [0.3, 0.4) is 0 Å². The molecule has 9 heteroatoms. The number of para-hydroxylation sites is 1. The molecular weight excluding hydrogens is 322 g/mol. The van der Waals surface area contributed by atoms with Gasteiger partial charge in [-0.25, -0.2) is 13.8 Å². The monoisotopic (exact) mass is 336 g/mol. The Labute approximate surface area is 136 Å². The zero-order chi connectivity index (χ0) is 17.2. The first-order valence-electron chi connectivity index (χ1n) is 7.31. The van der Waals surface area contributed by atoms with E-state index in [-0.39, 0.29) is 37.6 Å². The van der Waals surface area contributed by atoms with Crippen LogP contribution in [0.25, 0.3) is 0 Å². The van der Waals surface area contributed by atoms with Crippen LogP contribution < -0.4 is 9.64 Å². The number of rotatable bonds is 4. The first kappa shape index (κ1) is 16.0. The molecule has 1 fully saturated rings. The van der Waals surface area contributed by atoms with Crippen molar-refractivity contribution in [1.82, 2.24) is 9.97 Å². The lowest BCUT2D eigenvalue weighted by molar-refractivity contribution is -0.385. The minimum atomic E-state index is -2.75. The van der Waals surface area contributed by atoms with E-state index >= 15 is 0 Å². The zero-order valence-electron chi connectivity index (χ0n) is 12.6. The molecule has 0 saturated carbocycles. The Morgan fingerprint density at radius 2 is 1.83 bits per heavy atom. The second-order valence-corrected chi connectivity index (χ2v) is 5.37. The quantitative estimate of drug-likeness (QED) is 0.628. The Morgan fingerprint density at radius 3 is 2.46 bits per heavy atom. The number of hydrogen-bond acceptors (Lipinski definition) is 6. The lowest BCUT2D eigenvalue weighted by atomic mass is 10.1.